The van der Waals surface area contributed by atoms with Crippen LogP contribution in [0.3, 0.4) is 0 Å². The molecule has 0 spiro atoms. The molecule has 0 aromatic rings. The van der Waals surface area contributed by atoms with E-state index in [1.807, 2.05) is 0 Å². The normalized spacial score (nSPS) is 14.2. The zero-order valence-electron chi connectivity index (χ0n) is 62.5. The Morgan fingerprint density at radius 3 is 0.786 bits per heavy atom. The van der Waals surface area contributed by atoms with Gasteiger partial charge in [-0.25, -0.2) is 9.13 Å². The predicted octanol–water partition coefficient (Wildman–Crippen LogP) is 22.7. The Morgan fingerprint density at radius 1 is 0.286 bits per heavy atom. The summed E-state index contributed by atoms with van der Waals surface area (Å²) in [5.74, 6) is -2.18. The van der Waals surface area contributed by atoms with Crippen molar-refractivity contribution in [2.24, 2.45) is 0 Å². The Labute approximate surface area is 597 Å². The highest BCUT2D eigenvalue weighted by Crippen LogP contribution is 2.45. The van der Waals surface area contributed by atoms with Gasteiger partial charge >= 0.3 is 39.5 Å². The van der Waals surface area contributed by atoms with Crippen LogP contribution in [-0.2, 0) is 65.4 Å². The van der Waals surface area contributed by atoms with Gasteiger partial charge in [0.25, 0.3) is 0 Å². The molecule has 0 radical (unpaired) electrons. The van der Waals surface area contributed by atoms with Gasteiger partial charge in [-0.1, -0.05) is 262 Å². The lowest BCUT2D eigenvalue weighted by Gasteiger charge is -2.21. The molecule has 5 atom stereocenters. The van der Waals surface area contributed by atoms with Crippen molar-refractivity contribution in [3.63, 3.8) is 0 Å². The summed E-state index contributed by atoms with van der Waals surface area (Å²) in [5, 5.41) is 10.6. The second-order valence-corrected chi connectivity index (χ2v) is 29.5. The van der Waals surface area contributed by atoms with Crippen molar-refractivity contribution < 1.29 is 80.2 Å². The van der Waals surface area contributed by atoms with Crippen LogP contribution < -0.4 is 0 Å². The minimum Gasteiger partial charge on any atom is -0.462 e. The van der Waals surface area contributed by atoms with Crippen molar-refractivity contribution in [1.29, 1.82) is 0 Å². The molecule has 0 aliphatic heterocycles. The Hall–Kier alpha value is -3.24. The maximum atomic E-state index is 13.1. The molecule has 0 amide bonds. The molecule has 2 unspecified atom stereocenters. The molecular formula is C79H144O17P2. The summed E-state index contributed by atoms with van der Waals surface area (Å²) in [6.45, 7) is 4.83. The first-order valence-corrected chi connectivity index (χ1v) is 42.5. The number of phosphoric acid groups is 2. The predicted molar refractivity (Wildman–Crippen MR) is 400 cm³/mol. The number of aliphatic hydroxyl groups is 1. The van der Waals surface area contributed by atoms with Crippen molar-refractivity contribution >= 4 is 39.5 Å². The summed E-state index contributed by atoms with van der Waals surface area (Å²) in [6.07, 6.45) is 70.5. The molecule has 3 N–H and O–H groups in total. The van der Waals surface area contributed by atoms with E-state index in [1.54, 1.807) is 0 Å². The summed E-state index contributed by atoms with van der Waals surface area (Å²) in [5.41, 5.74) is 0. The number of hydrogen-bond donors (Lipinski definition) is 3. The molecule has 0 fully saturated rings. The zero-order valence-corrected chi connectivity index (χ0v) is 64.3. The molecule has 0 saturated heterocycles. The van der Waals surface area contributed by atoms with Crippen molar-refractivity contribution in [2.75, 3.05) is 39.6 Å². The molecule has 19 heteroatoms. The van der Waals surface area contributed by atoms with Gasteiger partial charge in [-0.15, -0.1) is 0 Å². The van der Waals surface area contributed by atoms with Gasteiger partial charge < -0.3 is 33.8 Å². The highest BCUT2D eigenvalue weighted by Gasteiger charge is 2.30. The van der Waals surface area contributed by atoms with E-state index in [1.165, 1.54) is 109 Å². The number of allylic oxidation sites excluding steroid dienone is 10. The summed E-state index contributed by atoms with van der Waals surface area (Å²) in [6, 6.07) is 0. The first kappa shape index (κ1) is 94.8. The number of unbranched alkanes of at least 4 members (excludes halogenated alkanes) is 39. The number of hydrogen-bond acceptors (Lipinski definition) is 15. The topological polar surface area (TPSA) is 237 Å². The third-order valence-electron chi connectivity index (χ3n) is 16.9. The number of ether oxygens (including phenoxy) is 4. The summed E-state index contributed by atoms with van der Waals surface area (Å²) in [7, 11) is -9.94. The molecular weight excluding hydrogens is 1280 g/mol. The van der Waals surface area contributed by atoms with Gasteiger partial charge in [0.15, 0.2) is 12.2 Å². The fraction of sp³-hybridized carbons (Fsp3) is 0.823. The number of phosphoric ester groups is 2. The largest absolute Gasteiger partial charge is 0.472 e. The number of esters is 4. The molecule has 0 aliphatic rings. The molecule has 0 aromatic carbocycles. The molecule has 0 aromatic heterocycles. The SMILES string of the molecule is CCCCC/C=C\C/C=C\CCCCCCCC(=O)OC[C@H](COP(=O)(O)OC[C@@H](O)COP(=O)(O)OC[C@@H](COC(=O)CCCCCCCCC/C=C\CCCCCC)OC(=O)CCCCCCC/C=C\CCCCCC)OC(=O)CCCCCCCCC/C=C\CCCCCC. The summed E-state index contributed by atoms with van der Waals surface area (Å²) < 4.78 is 68.5. The van der Waals surface area contributed by atoms with Crippen LogP contribution in [0, 0.1) is 0 Å². The summed E-state index contributed by atoms with van der Waals surface area (Å²) >= 11 is 0. The van der Waals surface area contributed by atoms with E-state index in [0.29, 0.717) is 25.7 Å². The lowest BCUT2D eigenvalue weighted by molar-refractivity contribution is -0.161. The third kappa shape index (κ3) is 71.2. The van der Waals surface area contributed by atoms with Crippen molar-refractivity contribution in [3.05, 3.63) is 60.8 Å². The molecule has 17 nitrogen and oxygen atoms in total. The lowest BCUT2D eigenvalue weighted by atomic mass is 10.1. The van der Waals surface area contributed by atoms with Gasteiger partial charge in [0, 0.05) is 25.7 Å². The number of carbonyl (C=O) groups excluding carboxylic acids is 4. The average Bonchev–Trinajstić information content (AvgIpc) is 1.04. The maximum absolute atomic E-state index is 13.1. The second kappa shape index (κ2) is 72.1. The fourth-order valence-corrected chi connectivity index (χ4v) is 12.4. The Bertz CT molecular complexity index is 2100. The van der Waals surface area contributed by atoms with Crippen LogP contribution in [0.5, 0.6) is 0 Å². The van der Waals surface area contributed by atoms with Crippen LogP contribution in [0.1, 0.15) is 362 Å². The van der Waals surface area contributed by atoms with Gasteiger partial charge in [0.2, 0.25) is 0 Å². The van der Waals surface area contributed by atoms with Crippen LogP contribution in [0.15, 0.2) is 60.8 Å². The Balaban J connectivity index is 5.34. The first-order valence-electron chi connectivity index (χ1n) is 39.5. The van der Waals surface area contributed by atoms with E-state index in [4.69, 9.17) is 37.0 Å². The van der Waals surface area contributed by atoms with Gasteiger partial charge in [-0.3, -0.25) is 37.3 Å². The molecule has 0 aliphatic carbocycles. The smallest absolute Gasteiger partial charge is 0.462 e. The molecule has 0 heterocycles. The van der Waals surface area contributed by atoms with E-state index in [0.717, 1.165) is 173 Å². The standard InChI is InChI=1S/C79H144O17P2/c1-5-9-13-17-21-25-29-33-36-40-43-47-51-55-59-63-76(81)89-69-74(95-78(83)65-61-57-53-49-45-39-32-28-24-20-16-12-8-4)71-93-97(85,86)91-67-73(80)68-92-98(87,88)94-72-75(96-79(84)66-62-58-54-50-46-42-38-35-31-27-23-19-15-11-7-3)70-90-77(82)64-60-56-52-48-44-41-37-34-30-26-22-18-14-10-6-2/h22,25-29,31-32,34,37,73-75,80H,5-21,23-24,30,33,35-36,38-72H2,1-4H3,(H,85,86)(H,87,88)/b26-22-,29-25-,31-27-,32-28-,37-34-/t73-,74+,75+/m0/s1. The monoisotopic (exact) mass is 1430 g/mol. The van der Waals surface area contributed by atoms with Crippen molar-refractivity contribution in [2.45, 2.75) is 380 Å². The first-order chi connectivity index (χ1) is 47.7. The Morgan fingerprint density at radius 2 is 0.500 bits per heavy atom. The third-order valence-corrected chi connectivity index (χ3v) is 18.8. The Kier molecular flexibility index (Phi) is 69.7. The fourth-order valence-electron chi connectivity index (χ4n) is 10.8. The van der Waals surface area contributed by atoms with Crippen LogP contribution in [-0.4, -0.2) is 96.7 Å². The lowest BCUT2D eigenvalue weighted by Crippen LogP contribution is -2.30. The minimum absolute atomic E-state index is 0.0879. The molecule has 98 heavy (non-hydrogen) atoms. The number of rotatable bonds is 75. The zero-order chi connectivity index (χ0) is 71.8. The van der Waals surface area contributed by atoms with E-state index >= 15 is 0 Å². The number of aliphatic hydroxyl groups excluding tert-OH is 1. The van der Waals surface area contributed by atoms with Crippen molar-refractivity contribution in [3.8, 4) is 0 Å². The highest BCUT2D eigenvalue weighted by molar-refractivity contribution is 7.47. The summed E-state index contributed by atoms with van der Waals surface area (Å²) in [4.78, 5) is 72.9. The van der Waals surface area contributed by atoms with Crippen LogP contribution in [0.4, 0.5) is 0 Å². The van der Waals surface area contributed by atoms with Gasteiger partial charge in [0.1, 0.15) is 19.3 Å². The molecule has 0 bridgehead atoms. The molecule has 0 rings (SSSR count). The van der Waals surface area contributed by atoms with E-state index in [2.05, 4.69) is 88.5 Å². The van der Waals surface area contributed by atoms with Crippen LogP contribution >= 0.6 is 15.6 Å². The number of carbonyl (C=O) groups is 4. The average molecular weight is 1430 g/mol. The van der Waals surface area contributed by atoms with Crippen LogP contribution in [0.25, 0.3) is 0 Å². The van der Waals surface area contributed by atoms with Gasteiger partial charge in [0.05, 0.1) is 26.4 Å². The minimum atomic E-state index is -4.97. The quantitative estimate of drug-likeness (QED) is 0.0169. The van der Waals surface area contributed by atoms with Gasteiger partial charge in [-0.2, -0.15) is 0 Å². The van der Waals surface area contributed by atoms with Crippen molar-refractivity contribution in [1.82, 2.24) is 0 Å². The molecule has 572 valence electrons. The van der Waals surface area contributed by atoms with Crippen LogP contribution in [0.2, 0.25) is 0 Å². The van der Waals surface area contributed by atoms with E-state index in [9.17, 15) is 43.2 Å². The maximum Gasteiger partial charge on any atom is 0.472 e. The van der Waals surface area contributed by atoms with E-state index in [-0.39, 0.29) is 25.7 Å². The van der Waals surface area contributed by atoms with E-state index < -0.39 is 97.5 Å². The second-order valence-electron chi connectivity index (χ2n) is 26.6. The van der Waals surface area contributed by atoms with Gasteiger partial charge in [-0.05, 0) is 135 Å². The molecule has 0 saturated carbocycles. The highest BCUT2D eigenvalue weighted by atomic mass is 31.2.